The van der Waals surface area contributed by atoms with Gasteiger partial charge in [-0.25, -0.2) is 9.78 Å². The lowest BCUT2D eigenvalue weighted by atomic mass is 10.1. The Morgan fingerprint density at radius 1 is 1.27 bits per heavy atom. The lowest BCUT2D eigenvalue weighted by molar-refractivity contribution is 0.0600. The van der Waals surface area contributed by atoms with Gasteiger partial charge in [-0.15, -0.1) is 11.3 Å². The first-order valence-electron chi connectivity index (χ1n) is 9.62. The number of anilines is 1. The van der Waals surface area contributed by atoms with E-state index < -0.39 is 5.97 Å². The molecule has 2 aromatic heterocycles. The number of benzene rings is 1. The quantitative estimate of drug-likeness (QED) is 0.610. The van der Waals surface area contributed by atoms with Crippen LogP contribution in [0.3, 0.4) is 0 Å². The molecule has 1 aliphatic rings. The fourth-order valence-corrected chi connectivity index (χ4v) is 4.96. The van der Waals surface area contributed by atoms with Gasteiger partial charge < -0.3 is 10.1 Å². The minimum atomic E-state index is -0.590. The molecule has 0 unspecified atom stereocenters. The number of rotatable bonds is 3. The molecule has 0 bridgehead atoms. The van der Waals surface area contributed by atoms with Gasteiger partial charge in [0.05, 0.1) is 28.0 Å². The molecule has 0 atom stereocenters. The highest BCUT2D eigenvalue weighted by atomic mass is 35.5. The van der Waals surface area contributed by atoms with Crippen molar-refractivity contribution < 1.29 is 14.3 Å². The minimum absolute atomic E-state index is 0.0795. The first-order valence-corrected chi connectivity index (χ1v) is 10.8. The predicted molar refractivity (Wildman–Crippen MR) is 117 cm³/mol. The van der Waals surface area contributed by atoms with Crippen molar-refractivity contribution in [3.63, 3.8) is 0 Å². The van der Waals surface area contributed by atoms with Crippen molar-refractivity contribution in [3.05, 3.63) is 55.4 Å². The van der Waals surface area contributed by atoms with Crippen LogP contribution in [0, 0.1) is 6.92 Å². The van der Waals surface area contributed by atoms with E-state index in [1.807, 2.05) is 0 Å². The van der Waals surface area contributed by atoms with Gasteiger partial charge in [0.25, 0.3) is 11.5 Å². The van der Waals surface area contributed by atoms with Gasteiger partial charge in [0, 0.05) is 18.7 Å². The molecule has 3 heterocycles. The Bertz CT molecular complexity index is 1230. The van der Waals surface area contributed by atoms with E-state index in [2.05, 4.69) is 5.32 Å². The zero-order valence-electron chi connectivity index (χ0n) is 16.6. The number of nitrogens with one attached hydrogen (secondary N) is 1. The van der Waals surface area contributed by atoms with Crippen LogP contribution in [-0.2, 0) is 17.7 Å². The van der Waals surface area contributed by atoms with E-state index in [0.29, 0.717) is 32.9 Å². The monoisotopic (exact) mass is 445 g/mol. The second kappa shape index (κ2) is 8.20. The van der Waals surface area contributed by atoms with Crippen molar-refractivity contribution in [3.8, 4) is 0 Å². The Balaban J connectivity index is 1.71. The summed E-state index contributed by atoms with van der Waals surface area (Å²) in [6, 6.07) is 4.58. The number of hydrogen-bond donors (Lipinski definition) is 1. The van der Waals surface area contributed by atoms with Crippen molar-refractivity contribution in [2.75, 3.05) is 12.4 Å². The highest BCUT2D eigenvalue weighted by Gasteiger charge is 2.22. The molecule has 0 saturated carbocycles. The van der Waals surface area contributed by atoms with E-state index in [4.69, 9.17) is 21.3 Å². The molecule has 3 aromatic rings. The number of esters is 1. The van der Waals surface area contributed by atoms with Crippen LogP contribution in [0.1, 0.15) is 50.7 Å². The molecule has 1 amide bonds. The third kappa shape index (κ3) is 3.61. The molecule has 0 aliphatic carbocycles. The summed E-state index contributed by atoms with van der Waals surface area (Å²) in [5.74, 6) is -0.167. The van der Waals surface area contributed by atoms with Crippen LogP contribution in [0.5, 0.6) is 0 Å². The number of halogens is 1. The molecule has 30 heavy (non-hydrogen) atoms. The van der Waals surface area contributed by atoms with Crippen molar-refractivity contribution in [2.45, 2.75) is 39.2 Å². The highest BCUT2D eigenvalue weighted by Crippen LogP contribution is 2.29. The van der Waals surface area contributed by atoms with Crippen LogP contribution in [-0.4, -0.2) is 28.5 Å². The zero-order chi connectivity index (χ0) is 21.4. The van der Waals surface area contributed by atoms with E-state index in [9.17, 15) is 14.4 Å². The molecule has 1 N–H and O–H groups in total. The van der Waals surface area contributed by atoms with E-state index in [0.717, 1.165) is 31.5 Å². The standard InChI is InChI=1S/C21H20ClN3O4S/c1-11-16-19(24-15-6-4-3-5-9-25(15)20(16)27)30-17(11)18(26)23-12-7-8-14(22)13(10-12)21(28)29-2/h7-8,10H,3-6,9H2,1-2H3,(H,23,26). The maximum atomic E-state index is 13.1. The second-order valence-electron chi connectivity index (χ2n) is 7.17. The summed E-state index contributed by atoms with van der Waals surface area (Å²) < 4.78 is 6.46. The largest absolute Gasteiger partial charge is 0.465 e. The van der Waals surface area contributed by atoms with Crippen molar-refractivity contribution in [1.29, 1.82) is 0 Å². The molecule has 1 aliphatic heterocycles. The van der Waals surface area contributed by atoms with E-state index in [1.54, 1.807) is 17.6 Å². The number of amides is 1. The van der Waals surface area contributed by atoms with Gasteiger partial charge >= 0.3 is 5.97 Å². The lowest BCUT2D eigenvalue weighted by Gasteiger charge is -2.08. The van der Waals surface area contributed by atoms with Crippen LogP contribution in [0.4, 0.5) is 5.69 Å². The predicted octanol–water partition coefficient (Wildman–Crippen LogP) is 4.19. The van der Waals surface area contributed by atoms with E-state index >= 15 is 0 Å². The fraction of sp³-hybridized carbons (Fsp3) is 0.333. The van der Waals surface area contributed by atoms with Gasteiger partial charge in [-0.1, -0.05) is 18.0 Å². The van der Waals surface area contributed by atoms with Gasteiger partial charge in [-0.05, 0) is 43.5 Å². The molecular weight excluding hydrogens is 426 g/mol. The second-order valence-corrected chi connectivity index (χ2v) is 8.58. The number of carbonyl (C=O) groups is 2. The molecule has 7 nitrogen and oxygen atoms in total. The highest BCUT2D eigenvalue weighted by molar-refractivity contribution is 7.20. The Hall–Kier alpha value is -2.71. The summed E-state index contributed by atoms with van der Waals surface area (Å²) in [5, 5.41) is 3.51. The summed E-state index contributed by atoms with van der Waals surface area (Å²) in [6.07, 6.45) is 3.81. The maximum absolute atomic E-state index is 13.1. The first-order chi connectivity index (χ1) is 14.4. The Kier molecular flexibility index (Phi) is 5.62. The minimum Gasteiger partial charge on any atom is -0.465 e. The lowest BCUT2D eigenvalue weighted by Crippen LogP contribution is -2.24. The Labute approximate surface area is 181 Å². The smallest absolute Gasteiger partial charge is 0.339 e. The maximum Gasteiger partial charge on any atom is 0.339 e. The van der Waals surface area contributed by atoms with Crippen LogP contribution in [0.2, 0.25) is 5.02 Å². The van der Waals surface area contributed by atoms with Crippen LogP contribution in [0.25, 0.3) is 10.2 Å². The molecule has 0 radical (unpaired) electrons. The Morgan fingerprint density at radius 3 is 2.83 bits per heavy atom. The first kappa shape index (κ1) is 20.6. The molecule has 1 aromatic carbocycles. The van der Waals surface area contributed by atoms with Gasteiger partial charge in [-0.2, -0.15) is 0 Å². The van der Waals surface area contributed by atoms with Crippen LogP contribution >= 0.6 is 22.9 Å². The number of aryl methyl sites for hydroxylation is 2. The number of carbonyl (C=O) groups excluding carboxylic acids is 2. The Morgan fingerprint density at radius 2 is 2.07 bits per heavy atom. The molecule has 0 saturated heterocycles. The summed E-state index contributed by atoms with van der Waals surface area (Å²) >= 11 is 7.25. The number of fused-ring (bicyclic) bond motifs is 2. The van der Waals surface area contributed by atoms with Gasteiger partial charge in [0.1, 0.15) is 10.7 Å². The van der Waals surface area contributed by atoms with Crippen LogP contribution < -0.4 is 10.9 Å². The molecule has 156 valence electrons. The molecule has 0 fully saturated rings. The summed E-state index contributed by atoms with van der Waals surface area (Å²) in [6.45, 7) is 2.43. The molecule has 4 rings (SSSR count). The number of aromatic nitrogens is 2. The summed E-state index contributed by atoms with van der Waals surface area (Å²) in [4.78, 5) is 43.5. The van der Waals surface area contributed by atoms with Crippen LogP contribution in [0.15, 0.2) is 23.0 Å². The van der Waals surface area contributed by atoms with Crippen molar-refractivity contribution in [2.24, 2.45) is 0 Å². The van der Waals surface area contributed by atoms with Crippen molar-refractivity contribution >= 4 is 50.7 Å². The van der Waals surface area contributed by atoms with E-state index in [1.165, 1.54) is 30.6 Å². The molecule has 0 spiro atoms. The number of ether oxygens (including phenoxy) is 1. The summed E-state index contributed by atoms with van der Waals surface area (Å²) in [7, 11) is 1.26. The summed E-state index contributed by atoms with van der Waals surface area (Å²) in [5.41, 5.74) is 1.10. The number of thiophene rings is 1. The third-order valence-electron chi connectivity index (χ3n) is 5.25. The topological polar surface area (TPSA) is 90.3 Å². The number of nitrogens with zero attached hydrogens (tertiary/aromatic N) is 2. The van der Waals surface area contributed by atoms with Gasteiger partial charge in [0.15, 0.2) is 0 Å². The molecule has 9 heteroatoms. The average molecular weight is 446 g/mol. The van der Waals surface area contributed by atoms with Crippen molar-refractivity contribution in [1.82, 2.24) is 9.55 Å². The number of methoxy groups -OCH3 is 1. The fourth-order valence-electron chi connectivity index (χ4n) is 3.68. The zero-order valence-corrected chi connectivity index (χ0v) is 18.2. The normalized spacial score (nSPS) is 13.6. The third-order valence-corrected chi connectivity index (χ3v) is 6.76. The average Bonchev–Trinajstić information content (AvgIpc) is 2.89. The van der Waals surface area contributed by atoms with Gasteiger partial charge in [-0.3, -0.25) is 14.2 Å². The SMILES string of the molecule is COC(=O)c1cc(NC(=O)c2sc3nc4n(c(=O)c3c2C)CCCCC4)ccc1Cl. The molecular formula is C21H20ClN3O4S. The van der Waals surface area contributed by atoms with E-state index in [-0.39, 0.29) is 22.1 Å². The van der Waals surface area contributed by atoms with Gasteiger partial charge in [0.2, 0.25) is 0 Å². The number of hydrogen-bond acceptors (Lipinski definition) is 6.